The molecule has 3 aromatic carbocycles. The number of amides is 2. The lowest BCUT2D eigenvalue weighted by atomic mass is 9.94. The molecule has 0 aliphatic heterocycles. The van der Waals surface area contributed by atoms with Crippen LogP contribution in [0.5, 0.6) is 0 Å². The van der Waals surface area contributed by atoms with E-state index in [1.54, 1.807) is 4.90 Å². The first-order chi connectivity index (χ1) is 18.0. The molecule has 1 unspecified atom stereocenters. The Balaban J connectivity index is 1.61. The number of aryl methyl sites for hydroxylation is 1. The minimum Gasteiger partial charge on any atom is -0.352 e. The molecule has 0 spiro atoms. The highest BCUT2D eigenvalue weighted by molar-refractivity contribution is 9.10. The monoisotopic (exact) mass is 580 g/mol. The molecule has 0 saturated heterocycles. The van der Waals surface area contributed by atoms with Crippen LogP contribution in [0.4, 0.5) is 0 Å². The Morgan fingerprint density at radius 3 is 2.27 bits per heavy atom. The molecule has 1 aliphatic carbocycles. The van der Waals surface area contributed by atoms with Gasteiger partial charge in [0, 0.05) is 34.9 Å². The van der Waals surface area contributed by atoms with E-state index in [0.29, 0.717) is 24.4 Å². The fourth-order valence-electron chi connectivity index (χ4n) is 4.97. The Morgan fingerprint density at radius 1 is 0.892 bits per heavy atom. The summed E-state index contributed by atoms with van der Waals surface area (Å²) in [6.07, 6.45) is 6.75. The van der Waals surface area contributed by atoms with E-state index in [-0.39, 0.29) is 24.3 Å². The van der Waals surface area contributed by atoms with Gasteiger partial charge in [0.25, 0.3) is 0 Å². The molecule has 194 valence electrons. The molecule has 0 radical (unpaired) electrons. The predicted molar refractivity (Wildman–Crippen MR) is 153 cm³/mol. The molecule has 0 bridgehead atoms. The molecule has 4 rings (SSSR count). The summed E-state index contributed by atoms with van der Waals surface area (Å²) in [5.41, 5.74) is 2.95. The van der Waals surface area contributed by atoms with Crippen molar-refractivity contribution in [1.29, 1.82) is 0 Å². The topological polar surface area (TPSA) is 49.4 Å². The van der Waals surface area contributed by atoms with E-state index in [4.69, 9.17) is 11.6 Å². The average molecular weight is 582 g/mol. The van der Waals surface area contributed by atoms with E-state index < -0.39 is 6.04 Å². The van der Waals surface area contributed by atoms with E-state index >= 15 is 0 Å². The molecule has 37 heavy (non-hydrogen) atoms. The van der Waals surface area contributed by atoms with Crippen LogP contribution in [0, 0.1) is 0 Å². The van der Waals surface area contributed by atoms with Crippen molar-refractivity contribution >= 4 is 39.3 Å². The van der Waals surface area contributed by atoms with Gasteiger partial charge < -0.3 is 10.2 Å². The molecule has 4 nitrogen and oxygen atoms in total. The summed E-state index contributed by atoms with van der Waals surface area (Å²) < 4.78 is 0.976. The number of carbonyl (C=O) groups excluding carboxylic acids is 2. The number of benzene rings is 3. The molecule has 1 N–H and O–H groups in total. The zero-order valence-corrected chi connectivity index (χ0v) is 23.4. The molecule has 0 heterocycles. The van der Waals surface area contributed by atoms with Crippen LogP contribution in [0.15, 0.2) is 83.3 Å². The highest BCUT2D eigenvalue weighted by atomic mass is 79.9. The molecule has 0 aromatic heterocycles. The molecule has 1 atom stereocenters. The van der Waals surface area contributed by atoms with Crippen molar-refractivity contribution < 1.29 is 9.59 Å². The molecule has 6 heteroatoms. The van der Waals surface area contributed by atoms with E-state index in [1.807, 2.05) is 78.9 Å². The van der Waals surface area contributed by atoms with Gasteiger partial charge in [-0.25, -0.2) is 0 Å². The fraction of sp³-hybridized carbons (Fsp3) is 0.355. The molecule has 1 aliphatic rings. The smallest absolute Gasteiger partial charge is 0.243 e. The van der Waals surface area contributed by atoms with Gasteiger partial charge >= 0.3 is 0 Å². The van der Waals surface area contributed by atoms with Gasteiger partial charge in [0.1, 0.15) is 6.04 Å². The molecular weight excluding hydrogens is 548 g/mol. The van der Waals surface area contributed by atoms with Crippen molar-refractivity contribution in [2.24, 2.45) is 0 Å². The van der Waals surface area contributed by atoms with Gasteiger partial charge in [-0.1, -0.05) is 107 Å². The van der Waals surface area contributed by atoms with Crippen molar-refractivity contribution in [3.05, 3.63) is 105 Å². The third kappa shape index (κ3) is 8.18. The van der Waals surface area contributed by atoms with Crippen molar-refractivity contribution in [2.75, 3.05) is 0 Å². The van der Waals surface area contributed by atoms with Crippen molar-refractivity contribution in [3.8, 4) is 0 Å². The highest BCUT2D eigenvalue weighted by Crippen LogP contribution is 2.22. The number of hydrogen-bond donors (Lipinski definition) is 1. The SMILES string of the molecule is O=C(NC1CCCCC1)C(Cc1ccccc1)N(Cc1ccc(Br)cc1)C(=O)CCc1ccccc1Cl. The van der Waals surface area contributed by atoms with E-state index in [1.165, 1.54) is 6.42 Å². The van der Waals surface area contributed by atoms with Gasteiger partial charge in [0.15, 0.2) is 0 Å². The molecule has 2 amide bonds. The van der Waals surface area contributed by atoms with Crippen LogP contribution < -0.4 is 5.32 Å². The maximum absolute atomic E-state index is 13.8. The van der Waals surface area contributed by atoms with Crippen molar-refractivity contribution in [3.63, 3.8) is 0 Å². The Labute approximate surface area is 233 Å². The van der Waals surface area contributed by atoms with Crippen LogP contribution in [-0.2, 0) is 29.0 Å². The van der Waals surface area contributed by atoms with Crippen LogP contribution in [0.1, 0.15) is 55.2 Å². The lowest BCUT2D eigenvalue weighted by Gasteiger charge is -2.33. The summed E-state index contributed by atoms with van der Waals surface area (Å²) in [4.78, 5) is 29.4. The lowest BCUT2D eigenvalue weighted by Crippen LogP contribution is -2.52. The predicted octanol–water partition coefficient (Wildman–Crippen LogP) is 7.12. The van der Waals surface area contributed by atoms with Gasteiger partial charge in [-0.05, 0) is 54.2 Å². The lowest BCUT2D eigenvalue weighted by molar-refractivity contribution is -0.141. The van der Waals surface area contributed by atoms with Gasteiger partial charge in [-0.3, -0.25) is 9.59 Å². The van der Waals surface area contributed by atoms with Crippen molar-refractivity contribution in [2.45, 2.75) is 70.0 Å². The third-order valence-corrected chi connectivity index (χ3v) is 7.95. The molecular formula is C31H34BrClN2O2. The second kappa shape index (κ2) is 13.8. The maximum Gasteiger partial charge on any atom is 0.243 e. The molecule has 1 fully saturated rings. The second-order valence-electron chi connectivity index (χ2n) is 9.79. The first-order valence-corrected chi connectivity index (χ1v) is 14.3. The third-order valence-electron chi connectivity index (χ3n) is 7.05. The first kappa shape index (κ1) is 27.4. The summed E-state index contributed by atoms with van der Waals surface area (Å²) in [5.74, 6) is -0.124. The minimum atomic E-state index is -0.605. The quantitative estimate of drug-likeness (QED) is 0.277. The number of hydrogen-bond acceptors (Lipinski definition) is 2. The Hall–Kier alpha value is -2.63. The Bertz CT molecular complexity index is 1160. The number of nitrogens with one attached hydrogen (secondary N) is 1. The fourth-order valence-corrected chi connectivity index (χ4v) is 5.47. The summed E-state index contributed by atoms with van der Waals surface area (Å²) in [6, 6.07) is 25.1. The van der Waals surface area contributed by atoms with Gasteiger partial charge in [-0.2, -0.15) is 0 Å². The molecule has 1 saturated carbocycles. The summed E-state index contributed by atoms with van der Waals surface area (Å²) >= 11 is 9.86. The number of rotatable bonds is 10. The van der Waals surface area contributed by atoms with Crippen LogP contribution >= 0.6 is 27.5 Å². The van der Waals surface area contributed by atoms with Crippen LogP contribution in [0.2, 0.25) is 5.02 Å². The zero-order valence-electron chi connectivity index (χ0n) is 21.0. The largest absolute Gasteiger partial charge is 0.352 e. The summed E-state index contributed by atoms with van der Waals surface area (Å²) in [6.45, 7) is 0.365. The normalized spacial score (nSPS) is 14.6. The Kier molecular flexibility index (Phi) is 10.2. The van der Waals surface area contributed by atoms with Crippen LogP contribution in [0.25, 0.3) is 0 Å². The Morgan fingerprint density at radius 2 is 1.57 bits per heavy atom. The van der Waals surface area contributed by atoms with Crippen LogP contribution in [-0.4, -0.2) is 28.8 Å². The van der Waals surface area contributed by atoms with Crippen LogP contribution in [0.3, 0.4) is 0 Å². The van der Waals surface area contributed by atoms with Gasteiger partial charge in [-0.15, -0.1) is 0 Å². The van der Waals surface area contributed by atoms with E-state index in [9.17, 15) is 9.59 Å². The summed E-state index contributed by atoms with van der Waals surface area (Å²) in [5, 5.41) is 3.95. The number of carbonyl (C=O) groups is 2. The average Bonchev–Trinajstić information content (AvgIpc) is 2.92. The number of nitrogens with zero attached hydrogens (tertiary/aromatic N) is 1. The first-order valence-electron chi connectivity index (χ1n) is 13.1. The van der Waals surface area contributed by atoms with E-state index in [2.05, 4.69) is 21.2 Å². The minimum absolute atomic E-state index is 0.0532. The molecule has 3 aromatic rings. The van der Waals surface area contributed by atoms with E-state index in [0.717, 1.165) is 46.8 Å². The number of halogens is 2. The maximum atomic E-state index is 13.8. The zero-order chi connectivity index (χ0) is 26.0. The van der Waals surface area contributed by atoms with Crippen molar-refractivity contribution in [1.82, 2.24) is 10.2 Å². The summed E-state index contributed by atoms with van der Waals surface area (Å²) in [7, 11) is 0. The van der Waals surface area contributed by atoms with Gasteiger partial charge in [0.2, 0.25) is 11.8 Å². The van der Waals surface area contributed by atoms with Gasteiger partial charge in [0.05, 0.1) is 0 Å². The highest BCUT2D eigenvalue weighted by Gasteiger charge is 2.31. The second-order valence-corrected chi connectivity index (χ2v) is 11.1. The standard InChI is InChI=1S/C31H34BrClN2O2/c32-26-18-15-24(16-19-26)22-35(30(36)20-17-25-11-7-8-14-28(25)33)29(21-23-9-3-1-4-10-23)31(37)34-27-12-5-2-6-13-27/h1,3-4,7-11,14-16,18-19,27,29H,2,5-6,12-13,17,20-22H2,(H,34,37).